The second kappa shape index (κ2) is 6.69. The number of carbonyl (C=O) groups excluding carboxylic acids is 2. The minimum Gasteiger partial charge on any atom is -0.353 e. The zero-order valence-electron chi connectivity index (χ0n) is 13.2. The Bertz CT molecular complexity index is 579. The molecule has 1 heterocycles. The Kier molecular flexibility index (Phi) is 4.64. The monoisotopic (exact) mass is 318 g/mol. The van der Waals surface area contributed by atoms with Crippen molar-refractivity contribution >= 4 is 11.8 Å². The van der Waals surface area contributed by atoms with E-state index in [2.05, 4.69) is 10.6 Å². The van der Waals surface area contributed by atoms with Crippen molar-refractivity contribution in [3.05, 3.63) is 35.6 Å². The summed E-state index contributed by atoms with van der Waals surface area (Å²) >= 11 is 0. The van der Waals surface area contributed by atoms with Gasteiger partial charge < -0.3 is 10.6 Å². The second-order valence-electron chi connectivity index (χ2n) is 6.72. The number of halogens is 1. The van der Waals surface area contributed by atoms with Crippen LogP contribution in [-0.2, 0) is 15.0 Å². The highest BCUT2D eigenvalue weighted by Crippen LogP contribution is 2.39. The number of rotatable bonds is 4. The van der Waals surface area contributed by atoms with E-state index < -0.39 is 6.04 Å². The molecule has 2 aliphatic rings. The lowest BCUT2D eigenvalue weighted by atomic mass is 9.69. The minimum atomic E-state index is -0.406. The summed E-state index contributed by atoms with van der Waals surface area (Å²) in [7, 11) is 0. The van der Waals surface area contributed by atoms with Gasteiger partial charge in [0.05, 0.1) is 0 Å². The van der Waals surface area contributed by atoms with E-state index in [4.69, 9.17) is 0 Å². The molecule has 2 amide bonds. The van der Waals surface area contributed by atoms with Crippen LogP contribution < -0.4 is 10.6 Å². The van der Waals surface area contributed by atoms with Crippen LogP contribution in [-0.4, -0.2) is 24.4 Å². The zero-order valence-corrected chi connectivity index (χ0v) is 13.2. The van der Waals surface area contributed by atoms with E-state index >= 15 is 0 Å². The second-order valence-corrected chi connectivity index (χ2v) is 6.72. The van der Waals surface area contributed by atoms with Crippen molar-refractivity contribution in [1.29, 1.82) is 0 Å². The van der Waals surface area contributed by atoms with Crippen molar-refractivity contribution < 1.29 is 14.0 Å². The van der Waals surface area contributed by atoms with Gasteiger partial charge in [-0.15, -0.1) is 0 Å². The van der Waals surface area contributed by atoms with Gasteiger partial charge in [-0.05, 0) is 37.0 Å². The maximum absolute atomic E-state index is 13.2. The van der Waals surface area contributed by atoms with Gasteiger partial charge in [-0.1, -0.05) is 31.4 Å². The Labute approximate surface area is 135 Å². The van der Waals surface area contributed by atoms with Crippen molar-refractivity contribution in [3.63, 3.8) is 0 Å². The number of amides is 2. The normalized spacial score (nSPS) is 23.3. The number of nitrogens with one attached hydrogen (secondary N) is 2. The Morgan fingerprint density at radius 1 is 1.22 bits per heavy atom. The van der Waals surface area contributed by atoms with Crippen LogP contribution in [0.3, 0.4) is 0 Å². The number of hydrogen-bond donors (Lipinski definition) is 2. The average molecular weight is 318 g/mol. The van der Waals surface area contributed by atoms with Gasteiger partial charge in [-0.2, -0.15) is 0 Å². The molecule has 1 aliphatic heterocycles. The lowest BCUT2D eigenvalue weighted by molar-refractivity contribution is -0.126. The van der Waals surface area contributed by atoms with Crippen LogP contribution in [0.4, 0.5) is 4.39 Å². The lowest BCUT2D eigenvalue weighted by Gasteiger charge is -2.38. The highest BCUT2D eigenvalue weighted by atomic mass is 19.1. The predicted molar refractivity (Wildman–Crippen MR) is 85.3 cm³/mol. The fourth-order valence-electron chi connectivity index (χ4n) is 3.79. The molecule has 0 aromatic heterocycles. The molecule has 4 nitrogen and oxygen atoms in total. The molecule has 1 unspecified atom stereocenters. The molecule has 1 aromatic carbocycles. The molecule has 124 valence electrons. The quantitative estimate of drug-likeness (QED) is 0.896. The molecule has 1 aromatic rings. The van der Waals surface area contributed by atoms with Crippen LogP contribution in [0, 0.1) is 5.82 Å². The number of benzene rings is 1. The highest BCUT2D eigenvalue weighted by molar-refractivity contribution is 5.90. The van der Waals surface area contributed by atoms with Gasteiger partial charge in [-0.3, -0.25) is 9.59 Å². The summed E-state index contributed by atoms with van der Waals surface area (Å²) in [6.07, 6.45) is 6.41. The van der Waals surface area contributed by atoms with E-state index in [1.807, 2.05) is 12.1 Å². The number of hydrogen-bond acceptors (Lipinski definition) is 2. The first-order chi connectivity index (χ1) is 11.1. The molecule has 5 heteroatoms. The number of carbonyl (C=O) groups is 2. The Balaban J connectivity index is 1.70. The first-order valence-electron chi connectivity index (χ1n) is 8.42. The van der Waals surface area contributed by atoms with Gasteiger partial charge in [0.15, 0.2) is 0 Å². The molecule has 2 N–H and O–H groups in total. The maximum atomic E-state index is 13.2. The van der Waals surface area contributed by atoms with E-state index in [9.17, 15) is 14.0 Å². The molecule has 0 radical (unpaired) electrons. The Morgan fingerprint density at radius 3 is 2.52 bits per heavy atom. The first kappa shape index (κ1) is 16.0. The van der Waals surface area contributed by atoms with Crippen molar-refractivity contribution in [2.24, 2.45) is 0 Å². The van der Waals surface area contributed by atoms with Crippen LogP contribution >= 0.6 is 0 Å². The van der Waals surface area contributed by atoms with Gasteiger partial charge >= 0.3 is 0 Å². The molecule has 0 bridgehead atoms. The van der Waals surface area contributed by atoms with Crippen molar-refractivity contribution in [2.45, 2.75) is 56.4 Å². The van der Waals surface area contributed by atoms with Gasteiger partial charge in [0.1, 0.15) is 11.9 Å². The van der Waals surface area contributed by atoms with Crippen LogP contribution in [0.2, 0.25) is 0 Å². The Morgan fingerprint density at radius 2 is 1.91 bits per heavy atom. The van der Waals surface area contributed by atoms with E-state index in [-0.39, 0.29) is 23.0 Å². The summed E-state index contributed by atoms with van der Waals surface area (Å²) in [6, 6.07) is 6.25. The third-order valence-electron chi connectivity index (χ3n) is 5.18. The molecule has 1 saturated carbocycles. The summed E-state index contributed by atoms with van der Waals surface area (Å²) in [6.45, 7) is 0.545. The Hall–Kier alpha value is -1.91. The average Bonchev–Trinajstić information content (AvgIpc) is 3.01. The van der Waals surface area contributed by atoms with E-state index in [1.54, 1.807) is 0 Å². The molecule has 23 heavy (non-hydrogen) atoms. The van der Waals surface area contributed by atoms with Crippen LogP contribution in [0.25, 0.3) is 0 Å². The summed E-state index contributed by atoms with van der Waals surface area (Å²) in [4.78, 5) is 23.5. The standard InChI is InChI=1S/C18H23FN2O2/c19-14-6-4-13(5-7-14)18(10-2-1-3-11-18)12-20-17(23)15-8-9-16(22)21-15/h4-7,15H,1-3,8-12H2,(H,20,23)(H,21,22). The predicted octanol–water partition coefficient (Wildman–Crippen LogP) is 2.42. The largest absolute Gasteiger partial charge is 0.353 e. The van der Waals surface area contributed by atoms with Crippen molar-refractivity contribution in [1.82, 2.24) is 10.6 Å². The molecule has 2 fully saturated rings. The zero-order chi connectivity index (χ0) is 16.3. The van der Waals surface area contributed by atoms with Gasteiger partial charge in [0.2, 0.25) is 11.8 Å². The smallest absolute Gasteiger partial charge is 0.242 e. The van der Waals surface area contributed by atoms with Crippen molar-refractivity contribution in [2.75, 3.05) is 6.54 Å². The molecular formula is C18H23FN2O2. The summed E-state index contributed by atoms with van der Waals surface area (Å²) in [5.41, 5.74) is 0.971. The van der Waals surface area contributed by atoms with E-state index in [0.29, 0.717) is 19.4 Å². The molecule has 1 atom stereocenters. The van der Waals surface area contributed by atoms with E-state index in [1.165, 1.54) is 18.6 Å². The fraction of sp³-hybridized carbons (Fsp3) is 0.556. The van der Waals surface area contributed by atoms with Crippen LogP contribution in [0.1, 0.15) is 50.5 Å². The summed E-state index contributed by atoms with van der Waals surface area (Å²) in [5, 5.41) is 5.72. The SMILES string of the molecule is O=C1CCC(C(=O)NCC2(c3ccc(F)cc3)CCCCC2)N1. The van der Waals surface area contributed by atoms with Crippen LogP contribution in [0.15, 0.2) is 24.3 Å². The molecule has 1 saturated heterocycles. The third-order valence-corrected chi connectivity index (χ3v) is 5.18. The molecule has 3 rings (SSSR count). The van der Waals surface area contributed by atoms with Gasteiger partial charge in [0, 0.05) is 18.4 Å². The maximum Gasteiger partial charge on any atom is 0.242 e. The molecular weight excluding hydrogens is 295 g/mol. The summed E-state index contributed by atoms with van der Waals surface area (Å²) < 4.78 is 13.2. The van der Waals surface area contributed by atoms with Gasteiger partial charge in [0.25, 0.3) is 0 Å². The minimum absolute atomic E-state index is 0.0592. The van der Waals surface area contributed by atoms with E-state index in [0.717, 1.165) is 31.2 Å². The fourth-order valence-corrected chi connectivity index (χ4v) is 3.79. The molecule has 1 aliphatic carbocycles. The summed E-state index contributed by atoms with van der Waals surface area (Å²) in [5.74, 6) is -0.406. The highest BCUT2D eigenvalue weighted by Gasteiger charge is 2.35. The topological polar surface area (TPSA) is 58.2 Å². The van der Waals surface area contributed by atoms with Crippen molar-refractivity contribution in [3.8, 4) is 0 Å². The third kappa shape index (κ3) is 3.54. The molecule has 0 spiro atoms. The van der Waals surface area contributed by atoms with Gasteiger partial charge in [-0.25, -0.2) is 4.39 Å². The van der Waals surface area contributed by atoms with Crippen LogP contribution in [0.5, 0.6) is 0 Å². The first-order valence-corrected chi connectivity index (χ1v) is 8.42. The lowest BCUT2D eigenvalue weighted by Crippen LogP contribution is -2.48.